The van der Waals surface area contributed by atoms with Crippen LogP contribution in [-0.2, 0) is 14.4 Å². The molecule has 0 fully saturated rings. The van der Waals surface area contributed by atoms with Gasteiger partial charge in [-0.2, -0.15) is 0 Å². The number of nitrogens with two attached hydrogens (primary N) is 2. The Hall–Kier alpha value is -2.20. The van der Waals surface area contributed by atoms with E-state index in [9.17, 15) is 19.5 Å². The average molecular weight is 330 g/mol. The zero-order chi connectivity index (χ0) is 18.0. The van der Waals surface area contributed by atoms with Gasteiger partial charge in [0.25, 0.3) is 0 Å². The van der Waals surface area contributed by atoms with Crippen LogP contribution in [0, 0.1) is 5.41 Å². The van der Waals surface area contributed by atoms with Crippen LogP contribution in [0.15, 0.2) is 0 Å². The number of carbonyl (C=O) groups excluding carboxylic acids is 3. The standard InChI is InChI=1S/C13H26N6O4/c1-7(18-12(23)10(14)8(2)21)11(22)19-9(6-20)4-3-5-17-13(15)16/h6-10,21H,3-5,14H2,1-2H3,(H,18,23)(H,19,22)(H4,15,16,17)/t7-,8+,9-,10-/m0/s1. The van der Waals surface area contributed by atoms with E-state index in [0.717, 1.165) is 0 Å². The van der Waals surface area contributed by atoms with Crippen molar-refractivity contribution in [1.82, 2.24) is 16.0 Å². The third-order valence-corrected chi connectivity index (χ3v) is 3.07. The van der Waals surface area contributed by atoms with Crippen LogP contribution in [0.1, 0.15) is 26.7 Å². The van der Waals surface area contributed by atoms with E-state index in [1.807, 2.05) is 0 Å². The molecule has 0 aliphatic heterocycles. The molecule has 0 bridgehead atoms. The van der Waals surface area contributed by atoms with Crippen molar-refractivity contribution in [1.29, 1.82) is 5.41 Å². The Labute approximate surface area is 134 Å². The minimum Gasteiger partial charge on any atom is -0.391 e. The summed E-state index contributed by atoms with van der Waals surface area (Å²) in [6.45, 7) is 3.22. The molecule has 23 heavy (non-hydrogen) atoms. The summed E-state index contributed by atoms with van der Waals surface area (Å²) >= 11 is 0. The zero-order valence-corrected chi connectivity index (χ0v) is 13.3. The summed E-state index contributed by atoms with van der Waals surface area (Å²) in [6.07, 6.45) is 0.448. The summed E-state index contributed by atoms with van der Waals surface area (Å²) in [5, 5.41) is 23.6. The first-order chi connectivity index (χ1) is 10.7. The minimum absolute atomic E-state index is 0.164. The molecule has 0 unspecified atom stereocenters. The first-order valence-corrected chi connectivity index (χ1v) is 7.26. The molecule has 0 rings (SSSR count). The van der Waals surface area contributed by atoms with Gasteiger partial charge in [0.05, 0.1) is 12.1 Å². The predicted octanol–water partition coefficient (Wildman–Crippen LogP) is -2.85. The summed E-state index contributed by atoms with van der Waals surface area (Å²) in [6, 6.07) is -2.74. The summed E-state index contributed by atoms with van der Waals surface area (Å²) in [4.78, 5) is 34.5. The number of aliphatic hydroxyl groups excluding tert-OH is 1. The molecule has 0 saturated heterocycles. The van der Waals surface area contributed by atoms with Crippen molar-refractivity contribution in [3.8, 4) is 0 Å². The maximum absolute atomic E-state index is 11.9. The van der Waals surface area contributed by atoms with Crippen molar-refractivity contribution < 1.29 is 19.5 Å². The van der Waals surface area contributed by atoms with Gasteiger partial charge in [0.1, 0.15) is 18.4 Å². The molecule has 132 valence electrons. The SMILES string of the molecule is C[C@H](NC(=O)[C@@H](N)[C@@H](C)O)C(=O)N[C@H](C=O)CCCNC(=N)N. The highest BCUT2D eigenvalue weighted by Crippen LogP contribution is 1.96. The lowest BCUT2D eigenvalue weighted by atomic mass is 10.1. The Morgan fingerprint density at radius 1 is 1.26 bits per heavy atom. The van der Waals surface area contributed by atoms with E-state index < -0.39 is 36.0 Å². The molecule has 0 heterocycles. The second kappa shape index (κ2) is 10.5. The fraction of sp³-hybridized carbons (Fsp3) is 0.692. The first kappa shape index (κ1) is 20.8. The van der Waals surface area contributed by atoms with Gasteiger partial charge in [-0.3, -0.25) is 15.0 Å². The van der Waals surface area contributed by atoms with Gasteiger partial charge in [-0.15, -0.1) is 0 Å². The quantitative estimate of drug-likeness (QED) is 0.0972. The van der Waals surface area contributed by atoms with Crippen LogP contribution in [0.25, 0.3) is 0 Å². The van der Waals surface area contributed by atoms with E-state index in [4.69, 9.17) is 16.9 Å². The highest BCUT2D eigenvalue weighted by atomic mass is 16.3. The molecule has 0 spiro atoms. The lowest BCUT2D eigenvalue weighted by molar-refractivity contribution is -0.131. The number of hydrogen-bond acceptors (Lipinski definition) is 6. The molecule has 0 aromatic heterocycles. The van der Waals surface area contributed by atoms with E-state index in [-0.39, 0.29) is 5.96 Å². The van der Waals surface area contributed by atoms with Crippen LogP contribution < -0.4 is 27.4 Å². The Balaban J connectivity index is 4.28. The molecular weight excluding hydrogens is 304 g/mol. The number of hydrogen-bond donors (Lipinski definition) is 7. The maximum Gasteiger partial charge on any atom is 0.242 e. The van der Waals surface area contributed by atoms with Crippen molar-refractivity contribution in [3.63, 3.8) is 0 Å². The van der Waals surface area contributed by atoms with Crippen LogP contribution in [-0.4, -0.2) is 59.9 Å². The Bertz CT molecular complexity index is 429. The largest absolute Gasteiger partial charge is 0.391 e. The number of guanidine groups is 1. The van der Waals surface area contributed by atoms with Crippen LogP contribution >= 0.6 is 0 Å². The van der Waals surface area contributed by atoms with E-state index >= 15 is 0 Å². The molecule has 0 aliphatic carbocycles. The smallest absolute Gasteiger partial charge is 0.242 e. The molecule has 0 radical (unpaired) electrons. The Kier molecular flexibility index (Phi) is 9.51. The van der Waals surface area contributed by atoms with E-state index in [0.29, 0.717) is 25.7 Å². The summed E-state index contributed by atoms with van der Waals surface area (Å²) in [7, 11) is 0. The third kappa shape index (κ3) is 8.73. The zero-order valence-electron chi connectivity index (χ0n) is 13.3. The molecule has 0 aliphatic rings. The molecule has 0 saturated carbocycles. The fourth-order valence-electron chi connectivity index (χ4n) is 1.62. The van der Waals surface area contributed by atoms with Gasteiger partial charge in [0.15, 0.2) is 5.96 Å². The van der Waals surface area contributed by atoms with Crippen molar-refractivity contribution in [2.45, 2.75) is 50.9 Å². The molecule has 2 amide bonds. The number of aldehydes is 1. The van der Waals surface area contributed by atoms with Gasteiger partial charge in [-0.05, 0) is 26.7 Å². The number of carbonyl (C=O) groups is 3. The van der Waals surface area contributed by atoms with Crippen molar-refractivity contribution >= 4 is 24.1 Å². The highest BCUT2D eigenvalue weighted by molar-refractivity contribution is 5.90. The molecule has 4 atom stereocenters. The second-order valence-corrected chi connectivity index (χ2v) is 5.23. The van der Waals surface area contributed by atoms with E-state index in [1.165, 1.54) is 13.8 Å². The van der Waals surface area contributed by atoms with Gasteiger partial charge < -0.3 is 37.3 Å². The van der Waals surface area contributed by atoms with E-state index in [2.05, 4.69) is 16.0 Å². The lowest BCUT2D eigenvalue weighted by Gasteiger charge is -2.20. The topological polar surface area (TPSA) is 183 Å². The molecule has 0 aromatic rings. The van der Waals surface area contributed by atoms with Gasteiger partial charge >= 0.3 is 0 Å². The average Bonchev–Trinajstić information content (AvgIpc) is 2.48. The van der Waals surface area contributed by atoms with Gasteiger partial charge in [-0.25, -0.2) is 0 Å². The van der Waals surface area contributed by atoms with Crippen LogP contribution in [0.5, 0.6) is 0 Å². The van der Waals surface area contributed by atoms with E-state index in [1.54, 1.807) is 0 Å². The first-order valence-electron chi connectivity index (χ1n) is 7.26. The number of nitrogens with one attached hydrogen (secondary N) is 4. The third-order valence-electron chi connectivity index (χ3n) is 3.07. The van der Waals surface area contributed by atoms with Crippen LogP contribution in [0.3, 0.4) is 0 Å². The molecule has 9 N–H and O–H groups in total. The fourth-order valence-corrected chi connectivity index (χ4v) is 1.62. The van der Waals surface area contributed by atoms with Crippen LogP contribution in [0.2, 0.25) is 0 Å². The summed E-state index contributed by atoms with van der Waals surface area (Å²) in [5.74, 6) is -1.36. The molecule has 10 nitrogen and oxygen atoms in total. The lowest BCUT2D eigenvalue weighted by Crippen LogP contribution is -2.54. The molecule has 10 heteroatoms. The van der Waals surface area contributed by atoms with Crippen molar-refractivity contribution in [2.75, 3.05) is 6.54 Å². The monoisotopic (exact) mass is 330 g/mol. The second-order valence-electron chi connectivity index (χ2n) is 5.23. The van der Waals surface area contributed by atoms with Gasteiger partial charge in [-0.1, -0.05) is 0 Å². The number of amides is 2. The Morgan fingerprint density at radius 3 is 2.35 bits per heavy atom. The number of rotatable bonds is 10. The number of aliphatic hydroxyl groups is 1. The maximum atomic E-state index is 11.9. The molecular formula is C13H26N6O4. The minimum atomic E-state index is -1.13. The van der Waals surface area contributed by atoms with Crippen molar-refractivity contribution in [2.24, 2.45) is 11.5 Å². The summed E-state index contributed by atoms with van der Waals surface area (Å²) in [5.41, 5.74) is 10.6. The van der Waals surface area contributed by atoms with Gasteiger partial charge in [0.2, 0.25) is 11.8 Å². The molecule has 0 aromatic carbocycles. The normalized spacial score (nSPS) is 15.7. The predicted molar refractivity (Wildman–Crippen MR) is 84.4 cm³/mol. The van der Waals surface area contributed by atoms with Crippen LogP contribution in [0.4, 0.5) is 0 Å². The highest BCUT2D eigenvalue weighted by Gasteiger charge is 2.24. The Morgan fingerprint density at radius 2 is 1.87 bits per heavy atom. The van der Waals surface area contributed by atoms with Gasteiger partial charge in [0, 0.05) is 6.54 Å². The van der Waals surface area contributed by atoms with Crippen molar-refractivity contribution in [3.05, 3.63) is 0 Å². The summed E-state index contributed by atoms with van der Waals surface area (Å²) < 4.78 is 0.